The second-order valence-corrected chi connectivity index (χ2v) is 2.34. The van der Waals surface area contributed by atoms with Gasteiger partial charge in [0.05, 0.1) is 12.7 Å². The lowest BCUT2D eigenvalue weighted by atomic mass is 10.4. The van der Waals surface area contributed by atoms with Crippen LogP contribution in [0, 0.1) is 11.3 Å². The van der Waals surface area contributed by atoms with Gasteiger partial charge >= 0.3 is 0 Å². The Hall–Kier alpha value is -1.01. The van der Waals surface area contributed by atoms with Crippen molar-refractivity contribution < 1.29 is 4.74 Å². The molecule has 0 aliphatic rings. The molecule has 0 spiro atoms. The lowest BCUT2D eigenvalue weighted by molar-refractivity contribution is 0.427. The molecule has 0 unspecified atom stereocenters. The summed E-state index contributed by atoms with van der Waals surface area (Å²) in [6.45, 7) is 0. The number of ether oxygens (including phenoxy) is 1. The van der Waals surface area contributed by atoms with Crippen molar-refractivity contribution in [1.82, 2.24) is 0 Å². The zero-order chi connectivity index (χ0) is 6.69. The van der Waals surface area contributed by atoms with Gasteiger partial charge in [0.25, 0.3) is 0 Å². The highest BCUT2D eigenvalue weighted by atomic mass is 32.1. The number of thiophene rings is 1. The maximum Gasteiger partial charge on any atom is 0.174 e. The Bertz CT molecular complexity index is 235. The summed E-state index contributed by atoms with van der Waals surface area (Å²) < 4.78 is 4.86. The van der Waals surface area contributed by atoms with E-state index in [1.165, 1.54) is 11.3 Å². The Labute approximate surface area is 57.3 Å². The first-order valence-corrected chi connectivity index (χ1v) is 3.27. The third kappa shape index (κ3) is 1.21. The van der Waals surface area contributed by atoms with Crippen molar-refractivity contribution in [2.24, 2.45) is 0 Å². The Morgan fingerprint density at radius 2 is 2.56 bits per heavy atom. The standard InChI is InChI=1S/C6H5NOS/c1-8-6-2-5(3-7)4-9-6/h2,4H,1H3. The molecule has 0 saturated carbocycles. The van der Waals surface area contributed by atoms with Crippen LogP contribution in [-0.4, -0.2) is 7.11 Å². The van der Waals surface area contributed by atoms with Crippen molar-refractivity contribution in [3.05, 3.63) is 17.0 Å². The number of methoxy groups -OCH3 is 1. The lowest BCUT2D eigenvalue weighted by Crippen LogP contribution is -1.74. The third-order valence-corrected chi connectivity index (χ3v) is 1.79. The molecule has 1 aromatic heterocycles. The van der Waals surface area contributed by atoms with Crippen LogP contribution in [0.15, 0.2) is 11.4 Å². The van der Waals surface area contributed by atoms with Crippen LogP contribution in [0.25, 0.3) is 0 Å². The fraction of sp³-hybridized carbons (Fsp3) is 0.167. The summed E-state index contributed by atoms with van der Waals surface area (Å²) >= 11 is 1.43. The Morgan fingerprint density at radius 3 is 2.89 bits per heavy atom. The molecule has 0 N–H and O–H groups in total. The fourth-order valence-electron chi connectivity index (χ4n) is 0.482. The van der Waals surface area contributed by atoms with Gasteiger partial charge in [0.1, 0.15) is 6.07 Å². The van der Waals surface area contributed by atoms with E-state index in [1.54, 1.807) is 18.6 Å². The van der Waals surface area contributed by atoms with Crippen LogP contribution in [-0.2, 0) is 0 Å². The molecule has 0 atom stereocenters. The quantitative estimate of drug-likeness (QED) is 0.592. The van der Waals surface area contributed by atoms with Crippen LogP contribution in [0.1, 0.15) is 5.56 Å². The minimum atomic E-state index is 0.664. The van der Waals surface area contributed by atoms with Gasteiger partial charge < -0.3 is 4.74 Å². The third-order valence-electron chi connectivity index (χ3n) is 0.906. The van der Waals surface area contributed by atoms with Crippen molar-refractivity contribution >= 4 is 11.3 Å². The Kier molecular flexibility index (Phi) is 1.71. The van der Waals surface area contributed by atoms with E-state index >= 15 is 0 Å². The fourth-order valence-corrected chi connectivity index (χ4v) is 1.14. The zero-order valence-electron chi connectivity index (χ0n) is 4.92. The van der Waals surface area contributed by atoms with E-state index in [0.717, 1.165) is 5.06 Å². The highest BCUT2D eigenvalue weighted by Crippen LogP contribution is 2.21. The van der Waals surface area contributed by atoms with E-state index in [-0.39, 0.29) is 0 Å². The molecule has 0 radical (unpaired) electrons. The average molecular weight is 139 g/mol. The number of rotatable bonds is 1. The van der Waals surface area contributed by atoms with E-state index in [0.29, 0.717) is 5.56 Å². The van der Waals surface area contributed by atoms with E-state index in [4.69, 9.17) is 10.00 Å². The predicted molar refractivity (Wildman–Crippen MR) is 35.6 cm³/mol. The van der Waals surface area contributed by atoms with Crippen LogP contribution in [0.4, 0.5) is 0 Å². The van der Waals surface area contributed by atoms with E-state index < -0.39 is 0 Å². The van der Waals surface area contributed by atoms with E-state index in [9.17, 15) is 0 Å². The Balaban J connectivity index is 2.90. The summed E-state index contributed by atoms with van der Waals surface area (Å²) in [4.78, 5) is 0. The summed E-state index contributed by atoms with van der Waals surface area (Å²) in [7, 11) is 1.59. The molecule has 1 rings (SSSR count). The number of hydrogen-bond acceptors (Lipinski definition) is 3. The molecule has 2 nitrogen and oxygen atoms in total. The molecule has 0 fully saturated rings. The van der Waals surface area contributed by atoms with Crippen LogP contribution < -0.4 is 4.74 Å². The monoisotopic (exact) mass is 139 g/mol. The van der Waals surface area contributed by atoms with Gasteiger partial charge in [-0.3, -0.25) is 0 Å². The molecule has 0 amide bonds. The van der Waals surface area contributed by atoms with Gasteiger partial charge in [-0.05, 0) is 0 Å². The first-order valence-electron chi connectivity index (χ1n) is 2.39. The molecule has 0 aromatic carbocycles. The SMILES string of the molecule is COc1cc(C#N)cs1. The maximum atomic E-state index is 8.35. The van der Waals surface area contributed by atoms with Gasteiger partial charge in [-0.2, -0.15) is 5.26 Å². The van der Waals surface area contributed by atoms with Crippen LogP contribution in [0.2, 0.25) is 0 Å². The van der Waals surface area contributed by atoms with Gasteiger partial charge in [0.15, 0.2) is 5.06 Å². The van der Waals surface area contributed by atoms with Gasteiger partial charge in [-0.25, -0.2) is 0 Å². The largest absolute Gasteiger partial charge is 0.487 e. The van der Waals surface area contributed by atoms with E-state index in [2.05, 4.69) is 0 Å². The van der Waals surface area contributed by atoms with Crippen LogP contribution in [0.3, 0.4) is 0 Å². The smallest absolute Gasteiger partial charge is 0.174 e. The van der Waals surface area contributed by atoms with Gasteiger partial charge in [0.2, 0.25) is 0 Å². The number of hydrogen-bond donors (Lipinski definition) is 0. The second kappa shape index (κ2) is 2.51. The summed E-state index contributed by atoms with van der Waals surface area (Å²) in [6, 6.07) is 3.73. The van der Waals surface area contributed by atoms with E-state index in [1.807, 2.05) is 6.07 Å². The molecule has 1 aromatic rings. The van der Waals surface area contributed by atoms with Gasteiger partial charge in [-0.15, -0.1) is 11.3 Å². The molecule has 0 saturated heterocycles. The minimum Gasteiger partial charge on any atom is -0.487 e. The molecule has 46 valence electrons. The maximum absolute atomic E-state index is 8.35. The molecule has 0 aliphatic carbocycles. The second-order valence-electron chi connectivity index (χ2n) is 1.47. The Morgan fingerprint density at radius 1 is 1.78 bits per heavy atom. The first kappa shape index (κ1) is 6.12. The lowest BCUT2D eigenvalue weighted by Gasteiger charge is -1.86. The molecule has 3 heteroatoms. The van der Waals surface area contributed by atoms with Gasteiger partial charge in [-0.1, -0.05) is 0 Å². The highest BCUT2D eigenvalue weighted by molar-refractivity contribution is 7.12. The molecular weight excluding hydrogens is 134 g/mol. The molecule has 0 bridgehead atoms. The van der Waals surface area contributed by atoms with Crippen LogP contribution in [0.5, 0.6) is 5.06 Å². The summed E-state index contributed by atoms with van der Waals surface area (Å²) in [5.41, 5.74) is 0.664. The topological polar surface area (TPSA) is 33.0 Å². The normalized spacial score (nSPS) is 8.44. The molecule has 1 heterocycles. The summed E-state index contributed by atoms with van der Waals surface area (Å²) in [5.74, 6) is 0. The molecular formula is C6H5NOS. The summed E-state index contributed by atoms with van der Waals surface area (Å²) in [5, 5.41) is 10.9. The van der Waals surface area contributed by atoms with Gasteiger partial charge in [0, 0.05) is 11.4 Å². The van der Waals surface area contributed by atoms with Crippen molar-refractivity contribution in [2.75, 3.05) is 7.11 Å². The predicted octanol–water partition coefficient (Wildman–Crippen LogP) is 1.63. The summed E-state index contributed by atoms with van der Waals surface area (Å²) in [6.07, 6.45) is 0. The van der Waals surface area contributed by atoms with Crippen molar-refractivity contribution in [3.8, 4) is 11.1 Å². The zero-order valence-corrected chi connectivity index (χ0v) is 5.73. The first-order chi connectivity index (χ1) is 4.36. The number of nitrogens with zero attached hydrogens (tertiary/aromatic N) is 1. The van der Waals surface area contributed by atoms with Crippen LogP contribution >= 0.6 is 11.3 Å². The minimum absolute atomic E-state index is 0.664. The van der Waals surface area contributed by atoms with Crippen molar-refractivity contribution in [3.63, 3.8) is 0 Å². The number of nitriles is 1. The highest BCUT2D eigenvalue weighted by Gasteiger charge is 1.95. The average Bonchev–Trinajstić information content (AvgIpc) is 2.34. The van der Waals surface area contributed by atoms with Crippen molar-refractivity contribution in [1.29, 1.82) is 5.26 Å². The molecule has 0 aliphatic heterocycles. The molecule has 9 heavy (non-hydrogen) atoms. The van der Waals surface area contributed by atoms with Crippen molar-refractivity contribution in [2.45, 2.75) is 0 Å².